The molecule has 0 spiro atoms. The molecule has 2 aromatic carbocycles. The first-order valence-electron chi connectivity index (χ1n) is 10.7. The molecule has 1 atom stereocenters. The third-order valence-electron chi connectivity index (χ3n) is 7.44. The van der Waals surface area contributed by atoms with E-state index in [9.17, 15) is 4.79 Å². The second-order valence-electron chi connectivity index (χ2n) is 9.18. The SMILES string of the molecule is O=C(O)/C=C/c1cc(F)c([C@H]2c3[nH]c4ccccc4c3CCN2C23CC(C2)C3)c(F)c1. The highest BCUT2D eigenvalue weighted by molar-refractivity contribution is 5.86. The van der Waals surface area contributed by atoms with Gasteiger partial charge in [0.25, 0.3) is 0 Å². The Balaban J connectivity index is 1.52. The second kappa shape index (κ2) is 6.50. The molecule has 31 heavy (non-hydrogen) atoms. The number of para-hydroxylation sites is 1. The van der Waals surface area contributed by atoms with Crippen LogP contribution in [0.1, 0.15) is 47.7 Å². The van der Waals surface area contributed by atoms with Crippen molar-refractivity contribution in [2.24, 2.45) is 5.92 Å². The fourth-order valence-electron chi connectivity index (χ4n) is 5.97. The lowest BCUT2D eigenvalue weighted by atomic mass is 9.48. The Morgan fingerprint density at radius 2 is 1.87 bits per heavy atom. The van der Waals surface area contributed by atoms with Gasteiger partial charge in [-0.3, -0.25) is 4.90 Å². The zero-order chi connectivity index (χ0) is 21.3. The van der Waals surface area contributed by atoms with Gasteiger partial charge in [0.2, 0.25) is 0 Å². The summed E-state index contributed by atoms with van der Waals surface area (Å²) in [7, 11) is 0. The minimum Gasteiger partial charge on any atom is -0.478 e. The van der Waals surface area contributed by atoms with Crippen molar-refractivity contribution in [3.05, 3.63) is 76.5 Å². The number of halogens is 2. The molecule has 3 saturated carbocycles. The van der Waals surface area contributed by atoms with Crippen LogP contribution >= 0.6 is 0 Å². The molecule has 7 rings (SSSR count). The zero-order valence-electron chi connectivity index (χ0n) is 16.9. The topological polar surface area (TPSA) is 56.3 Å². The predicted octanol–water partition coefficient (Wildman–Crippen LogP) is 5.04. The molecule has 3 fully saturated rings. The number of nitrogens with zero attached hydrogens (tertiary/aromatic N) is 1. The molecule has 1 aliphatic heterocycles. The van der Waals surface area contributed by atoms with Crippen LogP contribution in [0.25, 0.3) is 17.0 Å². The molecule has 2 N–H and O–H groups in total. The molecule has 4 nitrogen and oxygen atoms in total. The van der Waals surface area contributed by atoms with E-state index in [1.54, 1.807) is 0 Å². The van der Waals surface area contributed by atoms with Gasteiger partial charge in [-0.25, -0.2) is 13.6 Å². The van der Waals surface area contributed by atoms with Crippen molar-refractivity contribution in [2.45, 2.75) is 37.3 Å². The van der Waals surface area contributed by atoms with Crippen LogP contribution < -0.4 is 0 Å². The Morgan fingerprint density at radius 1 is 1.16 bits per heavy atom. The third kappa shape index (κ3) is 2.71. The van der Waals surface area contributed by atoms with Crippen molar-refractivity contribution in [2.75, 3.05) is 6.54 Å². The number of hydrogen-bond donors (Lipinski definition) is 2. The Labute approximate surface area is 178 Å². The van der Waals surface area contributed by atoms with E-state index in [0.29, 0.717) is 0 Å². The number of rotatable bonds is 4. The molecule has 4 aliphatic rings. The van der Waals surface area contributed by atoms with Gasteiger partial charge in [0.15, 0.2) is 0 Å². The maximum Gasteiger partial charge on any atom is 0.328 e. The fourth-order valence-corrected chi connectivity index (χ4v) is 5.97. The Hall–Kier alpha value is -2.99. The van der Waals surface area contributed by atoms with E-state index in [1.165, 1.54) is 18.2 Å². The van der Waals surface area contributed by atoms with Gasteiger partial charge < -0.3 is 10.1 Å². The summed E-state index contributed by atoms with van der Waals surface area (Å²) in [6, 6.07) is 9.96. The first-order chi connectivity index (χ1) is 14.9. The maximum atomic E-state index is 15.4. The van der Waals surface area contributed by atoms with Gasteiger partial charge in [0, 0.05) is 40.3 Å². The van der Waals surface area contributed by atoms with E-state index in [0.717, 1.165) is 66.4 Å². The van der Waals surface area contributed by atoms with Gasteiger partial charge in [-0.1, -0.05) is 18.2 Å². The van der Waals surface area contributed by atoms with Crippen molar-refractivity contribution in [3.63, 3.8) is 0 Å². The van der Waals surface area contributed by atoms with E-state index in [1.807, 2.05) is 18.2 Å². The smallest absolute Gasteiger partial charge is 0.328 e. The largest absolute Gasteiger partial charge is 0.478 e. The van der Waals surface area contributed by atoms with Crippen LogP contribution in [0.5, 0.6) is 0 Å². The summed E-state index contributed by atoms with van der Waals surface area (Å²) in [5.41, 5.74) is 3.29. The number of fused-ring (bicyclic) bond motifs is 3. The number of hydrogen-bond acceptors (Lipinski definition) is 2. The molecule has 1 aromatic heterocycles. The molecule has 2 heterocycles. The van der Waals surface area contributed by atoms with Crippen molar-refractivity contribution >= 4 is 22.9 Å². The molecule has 158 valence electrons. The lowest BCUT2D eigenvalue weighted by Gasteiger charge is -2.68. The van der Waals surface area contributed by atoms with Crippen LogP contribution in [-0.4, -0.2) is 33.0 Å². The summed E-state index contributed by atoms with van der Waals surface area (Å²) >= 11 is 0. The zero-order valence-corrected chi connectivity index (χ0v) is 16.9. The maximum absolute atomic E-state index is 15.4. The number of aliphatic carboxylic acids is 1. The quantitative estimate of drug-likeness (QED) is 0.581. The van der Waals surface area contributed by atoms with Gasteiger partial charge in [-0.05, 0) is 67.0 Å². The van der Waals surface area contributed by atoms with E-state index < -0.39 is 23.6 Å². The number of carboxylic acids is 1. The number of benzene rings is 2. The summed E-state index contributed by atoms with van der Waals surface area (Å²) in [5.74, 6) is -1.69. The highest BCUT2D eigenvalue weighted by Gasteiger charge is 2.62. The monoisotopic (exact) mass is 420 g/mol. The van der Waals surface area contributed by atoms with Crippen molar-refractivity contribution in [1.29, 1.82) is 0 Å². The summed E-state index contributed by atoms with van der Waals surface area (Å²) in [6.45, 7) is 0.770. The number of carboxylic acid groups (broad SMARTS) is 1. The van der Waals surface area contributed by atoms with Crippen LogP contribution in [0, 0.1) is 17.6 Å². The van der Waals surface area contributed by atoms with Gasteiger partial charge in [-0.2, -0.15) is 0 Å². The van der Waals surface area contributed by atoms with Crippen molar-refractivity contribution in [3.8, 4) is 0 Å². The Kier molecular flexibility index (Phi) is 3.93. The highest BCUT2D eigenvalue weighted by atomic mass is 19.1. The van der Waals surface area contributed by atoms with Crippen LogP contribution in [0.15, 0.2) is 42.5 Å². The summed E-state index contributed by atoms with van der Waals surface area (Å²) in [4.78, 5) is 16.6. The molecule has 3 aromatic rings. The van der Waals surface area contributed by atoms with E-state index in [2.05, 4.69) is 16.0 Å². The first kappa shape index (κ1) is 18.8. The molecule has 3 aliphatic carbocycles. The third-order valence-corrected chi connectivity index (χ3v) is 7.44. The van der Waals surface area contributed by atoms with E-state index in [4.69, 9.17) is 5.11 Å². The molecular formula is C25H22F2N2O2. The molecule has 0 radical (unpaired) electrons. The van der Waals surface area contributed by atoms with Gasteiger partial charge in [0.05, 0.1) is 6.04 Å². The fraction of sp³-hybridized carbons (Fsp3) is 0.320. The van der Waals surface area contributed by atoms with E-state index in [-0.39, 0.29) is 16.7 Å². The molecule has 6 heteroatoms. The molecule has 0 amide bonds. The number of aromatic nitrogens is 1. The van der Waals surface area contributed by atoms with E-state index >= 15 is 8.78 Å². The standard InChI is InChI=1S/C25H22F2N2O2/c26-18-9-14(5-6-21(30)31)10-19(27)22(18)24-23-17(16-3-1-2-4-20(16)28-23)7-8-29(24)25-11-15(12-25)13-25/h1-6,9-10,15,24,28H,7-8,11-13H2,(H,30,31)/b6-5+/t15?,24-,25?/m0/s1. The number of H-pyrrole nitrogens is 1. The van der Waals surface area contributed by atoms with Crippen LogP contribution in [0.4, 0.5) is 8.78 Å². The Bertz CT molecular complexity index is 1220. The van der Waals surface area contributed by atoms with Gasteiger partial charge in [0.1, 0.15) is 11.6 Å². The second-order valence-corrected chi connectivity index (χ2v) is 9.18. The number of aromatic amines is 1. The highest BCUT2D eigenvalue weighted by Crippen LogP contribution is 2.63. The average Bonchev–Trinajstić information content (AvgIpc) is 3.03. The van der Waals surface area contributed by atoms with Gasteiger partial charge in [-0.15, -0.1) is 0 Å². The number of carbonyl (C=O) groups is 1. The summed E-state index contributed by atoms with van der Waals surface area (Å²) in [5, 5.41) is 9.94. The van der Waals surface area contributed by atoms with Crippen LogP contribution in [0.3, 0.4) is 0 Å². The average molecular weight is 420 g/mol. The molecule has 2 bridgehead atoms. The minimum atomic E-state index is -1.16. The molecule has 0 saturated heterocycles. The van der Waals surface area contributed by atoms with Crippen molar-refractivity contribution in [1.82, 2.24) is 9.88 Å². The normalized spacial score (nSPS) is 27.2. The molecule has 0 unspecified atom stereocenters. The lowest BCUT2D eigenvalue weighted by Crippen LogP contribution is -2.69. The van der Waals surface area contributed by atoms with Crippen molar-refractivity contribution < 1.29 is 18.7 Å². The number of nitrogens with one attached hydrogen (secondary N) is 1. The van der Waals surface area contributed by atoms with Crippen LogP contribution in [0.2, 0.25) is 0 Å². The first-order valence-corrected chi connectivity index (χ1v) is 10.7. The Morgan fingerprint density at radius 3 is 2.52 bits per heavy atom. The minimum absolute atomic E-state index is 0.0460. The lowest BCUT2D eigenvalue weighted by molar-refractivity contribution is -0.159. The van der Waals surface area contributed by atoms with Gasteiger partial charge >= 0.3 is 5.97 Å². The predicted molar refractivity (Wildman–Crippen MR) is 114 cm³/mol. The van der Waals surface area contributed by atoms with Crippen LogP contribution in [-0.2, 0) is 11.2 Å². The molecular weight excluding hydrogens is 398 g/mol. The summed E-state index contributed by atoms with van der Waals surface area (Å²) in [6.07, 6.45) is 6.25. The summed E-state index contributed by atoms with van der Waals surface area (Å²) < 4.78 is 30.8.